The summed E-state index contributed by atoms with van der Waals surface area (Å²) in [5, 5.41) is 0.989. The van der Waals surface area contributed by atoms with Crippen molar-refractivity contribution in [3.63, 3.8) is 0 Å². The van der Waals surface area contributed by atoms with Crippen molar-refractivity contribution in [1.82, 2.24) is 4.98 Å². The molecule has 0 spiro atoms. The maximum Gasteiger partial charge on any atom is 0.268 e. The number of aryl methyl sites for hydroxylation is 2. The van der Waals surface area contributed by atoms with Crippen LogP contribution in [0.2, 0.25) is 0 Å². The minimum absolute atomic E-state index is 0.0287. The Morgan fingerprint density at radius 1 is 1.16 bits per heavy atom. The Morgan fingerprint density at radius 3 is 2.48 bits per heavy atom. The average Bonchev–Trinajstić information content (AvgIpc) is 3.09. The minimum Gasteiger partial charge on any atom is -0.479 e. The predicted octanol–water partition coefficient (Wildman–Crippen LogP) is 5.55. The van der Waals surface area contributed by atoms with Crippen LogP contribution in [-0.4, -0.2) is 29.3 Å². The van der Waals surface area contributed by atoms with E-state index in [0.29, 0.717) is 22.9 Å². The summed E-state index contributed by atoms with van der Waals surface area (Å²) in [5.41, 5.74) is 4.19. The quantitative estimate of drug-likeness (QED) is 0.494. The van der Waals surface area contributed by atoms with Crippen LogP contribution in [0.5, 0.6) is 5.75 Å². The number of hydrogen-bond acceptors (Lipinski definition) is 5. The molecule has 1 aromatic heterocycles. The first-order valence-electron chi connectivity index (χ1n) is 10.4. The number of carbonyl (C=O) groups is 2. The van der Waals surface area contributed by atoms with Crippen LogP contribution < -0.4 is 9.64 Å². The number of benzene rings is 2. The molecule has 1 aliphatic rings. The van der Waals surface area contributed by atoms with Crippen LogP contribution in [0.25, 0.3) is 11.3 Å². The Morgan fingerprint density at radius 2 is 1.87 bits per heavy atom. The number of anilines is 1. The molecule has 1 amide bonds. The predicted molar refractivity (Wildman–Crippen MR) is 124 cm³/mol. The zero-order valence-electron chi connectivity index (χ0n) is 18.4. The van der Waals surface area contributed by atoms with E-state index in [0.717, 1.165) is 21.1 Å². The van der Waals surface area contributed by atoms with Crippen molar-refractivity contribution in [2.45, 2.75) is 46.6 Å². The number of ether oxygens (including phenoxy) is 1. The molecule has 2 heterocycles. The lowest BCUT2D eigenvalue weighted by atomic mass is 10.00. The fraction of sp³-hybridized carbons (Fsp3) is 0.320. The summed E-state index contributed by atoms with van der Waals surface area (Å²) < 4.78 is 5.81. The first-order chi connectivity index (χ1) is 14.7. The molecular weight excluding hydrogens is 408 g/mol. The fourth-order valence-corrected chi connectivity index (χ4v) is 4.64. The van der Waals surface area contributed by atoms with Gasteiger partial charge in [0.25, 0.3) is 5.91 Å². The number of carbonyl (C=O) groups excluding carboxylic acids is 2. The van der Waals surface area contributed by atoms with Gasteiger partial charge >= 0.3 is 0 Å². The highest BCUT2D eigenvalue weighted by atomic mass is 32.1. The number of ketones is 1. The van der Waals surface area contributed by atoms with Crippen molar-refractivity contribution in [1.29, 1.82) is 0 Å². The van der Waals surface area contributed by atoms with Gasteiger partial charge in [0.15, 0.2) is 11.9 Å². The first-order valence-corrected chi connectivity index (χ1v) is 11.3. The summed E-state index contributed by atoms with van der Waals surface area (Å²) in [7, 11) is 0. The number of hydrogen-bond donors (Lipinski definition) is 0. The monoisotopic (exact) mass is 434 g/mol. The topological polar surface area (TPSA) is 59.5 Å². The highest BCUT2D eigenvalue weighted by molar-refractivity contribution is 7.11. The van der Waals surface area contributed by atoms with Crippen molar-refractivity contribution in [3.05, 3.63) is 63.5 Å². The molecule has 1 atom stereocenters. The molecule has 160 valence electrons. The van der Waals surface area contributed by atoms with Crippen LogP contribution in [0.1, 0.15) is 52.5 Å². The van der Waals surface area contributed by atoms with E-state index in [-0.39, 0.29) is 18.2 Å². The molecule has 0 saturated heterocycles. The highest BCUT2D eigenvalue weighted by Crippen LogP contribution is 2.39. The summed E-state index contributed by atoms with van der Waals surface area (Å²) in [6.45, 7) is 9.92. The van der Waals surface area contributed by atoms with Crippen LogP contribution in [0.15, 0.2) is 42.5 Å². The second kappa shape index (κ2) is 8.27. The Balaban J connectivity index is 1.67. The molecule has 0 bridgehead atoms. The van der Waals surface area contributed by atoms with E-state index in [2.05, 4.69) is 18.8 Å². The molecular formula is C25H26N2O3S. The Hall–Kier alpha value is -2.99. The van der Waals surface area contributed by atoms with Crippen molar-refractivity contribution >= 4 is 28.7 Å². The van der Waals surface area contributed by atoms with Gasteiger partial charge in [0.05, 0.1) is 22.9 Å². The third kappa shape index (κ3) is 4.12. The third-order valence-electron chi connectivity index (χ3n) is 5.55. The smallest absolute Gasteiger partial charge is 0.268 e. The molecule has 1 aliphatic heterocycles. The van der Waals surface area contributed by atoms with E-state index in [1.54, 1.807) is 23.2 Å². The molecule has 6 heteroatoms. The van der Waals surface area contributed by atoms with Crippen molar-refractivity contribution in [2.75, 3.05) is 11.4 Å². The first kappa shape index (κ1) is 21.2. The van der Waals surface area contributed by atoms with Gasteiger partial charge in [0.1, 0.15) is 5.75 Å². The van der Waals surface area contributed by atoms with Crippen LogP contribution in [0, 0.1) is 13.8 Å². The van der Waals surface area contributed by atoms with Crippen molar-refractivity contribution in [3.8, 4) is 17.0 Å². The maximum atomic E-state index is 13.0. The highest BCUT2D eigenvalue weighted by Gasteiger charge is 2.33. The maximum absolute atomic E-state index is 13.0. The molecule has 31 heavy (non-hydrogen) atoms. The second-order valence-corrected chi connectivity index (χ2v) is 9.61. The lowest BCUT2D eigenvalue weighted by Gasteiger charge is -2.33. The van der Waals surface area contributed by atoms with E-state index in [1.165, 1.54) is 5.56 Å². The summed E-state index contributed by atoms with van der Waals surface area (Å²) in [6.07, 6.45) is -0.641. The molecule has 0 fully saturated rings. The lowest BCUT2D eigenvalue weighted by molar-refractivity contribution is -0.125. The zero-order chi connectivity index (χ0) is 22.3. The van der Waals surface area contributed by atoms with E-state index in [9.17, 15) is 9.59 Å². The number of Topliss-reactive ketones (excluding diaryl/α,β-unsaturated/α-hetero) is 1. The standard InChI is InChI=1S/C25H26N2O3S/c1-14(2)18-6-8-19(9-7-18)22(28)13-27-21-12-20(24-16(4)31-17(5)26-24)10-11-23(21)30-15(3)25(27)29/h6-12,14-15H,13H2,1-5H3. The number of fused-ring (bicyclic) bond motifs is 1. The SMILES string of the molecule is Cc1nc(-c2ccc3c(c2)N(CC(=O)c2ccc(C(C)C)cc2)C(=O)C(C)O3)c(C)s1. The number of rotatable bonds is 5. The largest absolute Gasteiger partial charge is 0.479 e. The van der Waals surface area contributed by atoms with Gasteiger partial charge in [-0.2, -0.15) is 0 Å². The Labute approximate surface area is 186 Å². The summed E-state index contributed by atoms with van der Waals surface area (Å²) in [5.74, 6) is 0.676. The van der Waals surface area contributed by atoms with Crippen molar-refractivity contribution in [2.24, 2.45) is 0 Å². The van der Waals surface area contributed by atoms with Crippen LogP contribution >= 0.6 is 11.3 Å². The van der Waals surface area contributed by atoms with Gasteiger partial charge in [-0.25, -0.2) is 4.98 Å². The van der Waals surface area contributed by atoms with Crippen molar-refractivity contribution < 1.29 is 14.3 Å². The zero-order valence-corrected chi connectivity index (χ0v) is 19.2. The van der Waals surface area contributed by atoms with E-state index >= 15 is 0 Å². The molecule has 0 saturated carbocycles. The molecule has 1 unspecified atom stereocenters. The van der Waals surface area contributed by atoms with Crippen LogP contribution in [0.3, 0.4) is 0 Å². The average molecular weight is 435 g/mol. The van der Waals surface area contributed by atoms with Crippen LogP contribution in [-0.2, 0) is 4.79 Å². The molecule has 3 aromatic rings. The summed E-state index contributed by atoms with van der Waals surface area (Å²) in [6, 6.07) is 13.3. The number of aromatic nitrogens is 1. The van der Waals surface area contributed by atoms with Gasteiger partial charge in [0.2, 0.25) is 0 Å². The molecule has 0 aliphatic carbocycles. The van der Waals surface area contributed by atoms with E-state index in [4.69, 9.17) is 4.74 Å². The summed E-state index contributed by atoms with van der Waals surface area (Å²) in [4.78, 5) is 33.3. The second-order valence-electron chi connectivity index (χ2n) is 8.20. The van der Waals surface area contributed by atoms with Gasteiger partial charge in [-0.15, -0.1) is 11.3 Å². The molecule has 4 rings (SSSR count). The van der Waals surface area contributed by atoms with Gasteiger partial charge in [-0.1, -0.05) is 38.1 Å². The van der Waals surface area contributed by atoms with Gasteiger partial charge in [-0.3, -0.25) is 14.5 Å². The van der Waals surface area contributed by atoms with E-state index in [1.807, 2.05) is 56.3 Å². The summed E-state index contributed by atoms with van der Waals surface area (Å²) >= 11 is 1.64. The minimum atomic E-state index is -0.641. The number of nitrogens with zero attached hydrogens (tertiary/aromatic N) is 2. The van der Waals surface area contributed by atoms with Crippen LogP contribution in [0.4, 0.5) is 5.69 Å². The van der Waals surface area contributed by atoms with Gasteiger partial charge in [0, 0.05) is 16.0 Å². The normalized spacial score (nSPS) is 15.7. The Bertz CT molecular complexity index is 1150. The van der Waals surface area contributed by atoms with Gasteiger partial charge < -0.3 is 4.74 Å². The third-order valence-corrected chi connectivity index (χ3v) is 6.43. The fourth-order valence-electron chi connectivity index (χ4n) is 3.80. The molecule has 2 aromatic carbocycles. The molecule has 5 nitrogen and oxygen atoms in total. The van der Waals surface area contributed by atoms with Gasteiger partial charge in [-0.05, 0) is 50.5 Å². The lowest BCUT2D eigenvalue weighted by Crippen LogP contribution is -2.46. The number of thiazole rings is 1. The molecule has 0 N–H and O–H groups in total. The van der Waals surface area contributed by atoms with E-state index < -0.39 is 6.10 Å². The number of amides is 1. The molecule has 0 radical (unpaired) electrons. The Kier molecular flexibility index (Phi) is 5.67.